The van der Waals surface area contributed by atoms with Crippen molar-refractivity contribution in [2.24, 2.45) is 0 Å². The molecule has 1 aliphatic carbocycles. The van der Waals surface area contributed by atoms with Crippen LogP contribution in [0.4, 0.5) is 10.1 Å². The summed E-state index contributed by atoms with van der Waals surface area (Å²) in [5, 5.41) is 5.94. The van der Waals surface area contributed by atoms with Crippen LogP contribution in [0, 0.1) is 12.7 Å². The highest BCUT2D eigenvalue weighted by atomic mass is 35.5. The summed E-state index contributed by atoms with van der Waals surface area (Å²) < 4.78 is 15.8. The Morgan fingerprint density at radius 3 is 2.54 bits per heavy atom. The maximum atomic E-state index is 14.5. The maximum absolute atomic E-state index is 14.5. The highest BCUT2D eigenvalue weighted by Gasteiger charge is 2.28. The number of halogens is 2. The third-order valence-electron chi connectivity index (χ3n) is 7.24. The van der Waals surface area contributed by atoms with Gasteiger partial charge in [-0.1, -0.05) is 11.6 Å². The van der Waals surface area contributed by atoms with Crippen LogP contribution in [0.25, 0.3) is 5.52 Å². The third-order valence-corrected chi connectivity index (χ3v) is 7.46. The fourth-order valence-electron chi connectivity index (χ4n) is 5.22. The molecule has 1 aliphatic rings. The van der Waals surface area contributed by atoms with Crippen molar-refractivity contribution < 1.29 is 9.18 Å². The number of nitrogens with zero attached hydrogens (tertiary/aromatic N) is 3. The van der Waals surface area contributed by atoms with Crippen molar-refractivity contribution in [2.75, 3.05) is 25.5 Å². The lowest BCUT2D eigenvalue weighted by molar-refractivity contribution is 0.0950. The summed E-state index contributed by atoms with van der Waals surface area (Å²) in [6.45, 7) is 4.61. The van der Waals surface area contributed by atoms with Gasteiger partial charge in [0.1, 0.15) is 5.82 Å². The molecule has 2 heterocycles. The van der Waals surface area contributed by atoms with Crippen LogP contribution in [0.1, 0.15) is 54.1 Å². The predicted octanol–water partition coefficient (Wildman–Crippen LogP) is 4.36. The van der Waals surface area contributed by atoms with E-state index in [1.54, 1.807) is 18.3 Å². The second kappa shape index (κ2) is 10.4. The fraction of sp³-hybridized carbons (Fsp3) is 0.462. The number of carbonyl (C=O) groups is 1. The van der Waals surface area contributed by atoms with Gasteiger partial charge in [0.15, 0.2) is 0 Å². The molecule has 2 aromatic heterocycles. The zero-order valence-corrected chi connectivity index (χ0v) is 21.5. The summed E-state index contributed by atoms with van der Waals surface area (Å²) in [5.74, 6) is -1.04. The Bertz CT molecular complexity index is 1280. The van der Waals surface area contributed by atoms with Gasteiger partial charge in [0, 0.05) is 47.2 Å². The van der Waals surface area contributed by atoms with Crippen LogP contribution >= 0.6 is 11.6 Å². The van der Waals surface area contributed by atoms with Crippen molar-refractivity contribution in [3.63, 3.8) is 0 Å². The molecular weight excluding hydrogens is 469 g/mol. The van der Waals surface area contributed by atoms with Gasteiger partial charge in [0.05, 0.1) is 17.6 Å². The number of hydrogen-bond acceptors (Lipinski definition) is 4. The van der Waals surface area contributed by atoms with Gasteiger partial charge in [-0.2, -0.15) is 0 Å². The van der Waals surface area contributed by atoms with Crippen LogP contribution in [0.15, 0.2) is 35.3 Å². The lowest BCUT2D eigenvalue weighted by Gasteiger charge is -2.40. The van der Waals surface area contributed by atoms with E-state index in [0.29, 0.717) is 28.2 Å². The number of amides is 1. The number of aromatic nitrogens is 2. The number of nitrogens with one attached hydrogen (secondary N) is 2. The Labute approximate surface area is 209 Å². The van der Waals surface area contributed by atoms with Gasteiger partial charge in [-0.3, -0.25) is 14.7 Å². The second-order valence-electron chi connectivity index (χ2n) is 9.49. The Morgan fingerprint density at radius 2 is 1.89 bits per heavy atom. The molecule has 3 aromatic rings. The number of H-pyrrole nitrogens is 1. The van der Waals surface area contributed by atoms with E-state index < -0.39 is 17.3 Å². The van der Waals surface area contributed by atoms with E-state index in [1.165, 1.54) is 10.6 Å². The summed E-state index contributed by atoms with van der Waals surface area (Å²) >= 11 is 6.46. The summed E-state index contributed by atoms with van der Waals surface area (Å²) in [6, 6.07) is 7.40. The molecule has 0 aliphatic heterocycles. The van der Waals surface area contributed by atoms with Gasteiger partial charge >= 0.3 is 0 Å². The standard InChI is InChI=1S/C26H33ClFN5O2/c1-5-32(19-8-6-18(7-9-19)31(3)4)24-13-17(27)12-21(16(24)2)25(34)29-15-22-23(28)14-20-10-11-30-33(20)26(22)35/h10-14,18-19,30H,5-9,15H2,1-4H3,(H,29,34)/t18-,19-. The van der Waals surface area contributed by atoms with E-state index in [9.17, 15) is 14.0 Å². The van der Waals surface area contributed by atoms with Gasteiger partial charge in [-0.25, -0.2) is 8.91 Å². The van der Waals surface area contributed by atoms with E-state index in [4.69, 9.17) is 11.6 Å². The van der Waals surface area contributed by atoms with Crippen LogP contribution in [0.3, 0.4) is 0 Å². The van der Waals surface area contributed by atoms with E-state index >= 15 is 0 Å². The Morgan fingerprint density at radius 1 is 1.20 bits per heavy atom. The Hall–Kier alpha value is -2.84. The largest absolute Gasteiger partial charge is 0.369 e. The molecule has 1 fully saturated rings. The van der Waals surface area contributed by atoms with Gasteiger partial charge in [-0.05, 0) is 77.4 Å². The average Bonchev–Trinajstić information content (AvgIpc) is 3.30. The highest BCUT2D eigenvalue weighted by molar-refractivity contribution is 6.31. The third kappa shape index (κ3) is 5.09. The Kier molecular flexibility index (Phi) is 7.52. The molecule has 0 unspecified atom stereocenters. The fourth-order valence-corrected chi connectivity index (χ4v) is 5.44. The second-order valence-corrected chi connectivity index (χ2v) is 9.93. The first-order valence-corrected chi connectivity index (χ1v) is 12.5. The number of hydrogen-bond donors (Lipinski definition) is 2. The lowest BCUT2D eigenvalue weighted by atomic mass is 9.89. The van der Waals surface area contributed by atoms with Crippen LogP contribution in [-0.4, -0.2) is 53.1 Å². The van der Waals surface area contributed by atoms with Gasteiger partial charge < -0.3 is 15.1 Å². The first kappa shape index (κ1) is 25.3. The maximum Gasteiger partial charge on any atom is 0.277 e. The molecular formula is C26H33ClFN5O2. The Balaban J connectivity index is 1.55. The summed E-state index contributed by atoms with van der Waals surface area (Å²) in [5.41, 5.74) is 1.98. The molecule has 0 spiro atoms. The number of benzene rings is 1. The summed E-state index contributed by atoms with van der Waals surface area (Å²) in [4.78, 5) is 30.4. The smallest absolute Gasteiger partial charge is 0.277 e. The number of fused-ring (bicyclic) bond motifs is 1. The summed E-state index contributed by atoms with van der Waals surface area (Å²) in [6.07, 6.45) is 5.98. The SMILES string of the molecule is CCN(c1cc(Cl)cc(C(=O)NCc2c(F)cc3cc[nH]n3c2=O)c1C)[C@H]1CC[C@H](N(C)C)CC1. The van der Waals surface area contributed by atoms with Crippen LogP contribution in [-0.2, 0) is 6.54 Å². The minimum atomic E-state index is -0.649. The predicted molar refractivity (Wildman–Crippen MR) is 138 cm³/mol. The first-order valence-electron chi connectivity index (χ1n) is 12.1. The van der Waals surface area contributed by atoms with E-state index in [2.05, 4.69) is 41.2 Å². The average molecular weight is 502 g/mol. The molecule has 0 atom stereocenters. The molecule has 0 radical (unpaired) electrons. The molecule has 1 saturated carbocycles. The number of pyridine rings is 1. The van der Waals surface area contributed by atoms with Crippen molar-refractivity contribution in [1.82, 2.24) is 19.8 Å². The van der Waals surface area contributed by atoms with Crippen molar-refractivity contribution in [3.05, 3.63) is 68.3 Å². The number of aromatic amines is 1. The highest BCUT2D eigenvalue weighted by Crippen LogP contribution is 2.34. The topological polar surface area (TPSA) is 72.9 Å². The normalized spacial score (nSPS) is 18.3. The summed E-state index contributed by atoms with van der Waals surface area (Å²) in [7, 11) is 4.26. The molecule has 0 saturated heterocycles. The van der Waals surface area contributed by atoms with Crippen LogP contribution in [0.5, 0.6) is 0 Å². The van der Waals surface area contributed by atoms with Gasteiger partial charge in [0.25, 0.3) is 11.5 Å². The van der Waals surface area contributed by atoms with Crippen molar-refractivity contribution >= 4 is 28.7 Å². The lowest BCUT2D eigenvalue weighted by Crippen LogP contribution is -2.42. The monoisotopic (exact) mass is 501 g/mol. The van der Waals surface area contributed by atoms with Gasteiger partial charge in [0.2, 0.25) is 0 Å². The first-order chi connectivity index (χ1) is 16.7. The van der Waals surface area contributed by atoms with E-state index in [0.717, 1.165) is 43.5 Å². The molecule has 4 rings (SSSR count). The molecule has 2 N–H and O–H groups in total. The van der Waals surface area contributed by atoms with E-state index in [1.807, 2.05) is 13.0 Å². The van der Waals surface area contributed by atoms with Crippen LogP contribution < -0.4 is 15.8 Å². The molecule has 7 nitrogen and oxygen atoms in total. The van der Waals surface area contributed by atoms with Crippen molar-refractivity contribution in [2.45, 2.75) is 58.2 Å². The molecule has 9 heteroatoms. The zero-order valence-electron chi connectivity index (χ0n) is 20.7. The van der Waals surface area contributed by atoms with Crippen molar-refractivity contribution in [3.8, 4) is 0 Å². The quantitative estimate of drug-likeness (QED) is 0.504. The van der Waals surface area contributed by atoms with E-state index in [-0.39, 0.29) is 12.1 Å². The van der Waals surface area contributed by atoms with Gasteiger partial charge in [-0.15, -0.1) is 0 Å². The molecule has 1 amide bonds. The van der Waals surface area contributed by atoms with Crippen molar-refractivity contribution in [1.29, 1.82) is 0 Å². The number of rotatable bonds is 7. The minimum Gasteiger partial charge on any atom is -0.369 e. The van der Waals surface area contributed by atoms with Crippen LogP contribution in [0.2, 0.25) is 5.02 Å². The minimum absolute atomic E-state index is 0.106. The number of carbonyl (C=O) groups excluding carboxylic acids is 1. The molecule has 188 valence electrons. The zero-order chi connectivity index (χ0) is 25.3. The molecule has 0 bridgehead atoms. The number of anilines is 1. The molecule has 1 aromatic carbocycles. The molecule has 35 heavy (non-hydrogen) atoms.